The molecular formula is C6H13N2O2S-. The Labute approximate surface area is 69.4 Å². The van der Waals surface area contributed by atoms with Crippen LogP contribution in [0.15, 0.2) is 0 Å². The first-order valence-electron chi connectivity index (χ1n) is 3.70. The van der Waals surface area contributed by atoms with Crippen LogP contribution in [0.2, 0.25) is 0 Å². The number of hydrogen-bond donors (Lipinski definition) is 1. The van der Waals surface area contributed by atoms with Crippen molar-refractivity contribution in [3.63, 3.8) is 0 Å². The van der Waals surface area contributed by atoms with Crippen LogP contribution in [0, 0.1) is 0 Å². The maximum atomic E-state index is 10.6. The molecule has 3 unspecified atom stereocenters. The molecule has 66 valence electrons. The molecule has 0 aromatic carbocycles. The molecule has 0 aromatic rings. The van der Waals surface area contributed by atoms with Gasteiger partial charge in [-0.15, -0.1) is 0 Å². The summed E-state index contributed by atoms with van der Waals surface area (Å²) in [4.78, 5) is 0. The molecule has 4 nitrogen and oxygen atoms in total. The molecule has 0 spiro atoms. The lowest BCUT2D eigenvalue weighted by molar-refractivity contribution is 0.238. The maximum Gasteiger partial charge on any atom is 0.0312 e. The van der Waals surface area contributed by atoms with Crippen molar-refractivity contribution < 1.29 is 8.76 Å². The van der Waals surface area contributed by atoms with Gasteiger partial charge in [-0.25, -0.2) is 4.31 Å². The quantitative estimate of drug-likeness (QED) is 0.547. The Kier molecular flexibility index (Phi) is 3.00. The van der Waals surface area contributed by atoms with Gasteiger partial charge in [0.2, 0.25) is 0 Å². The minimum Gasteiger partial charge on any atom is -0.760 e. The highest BCUT2D eigenvalue weighted by atomic mass is 32.2. The van der Waals surface area contributed by atoms with E-state index in [0.29, 0.717) is 6.54 Å². The molecule has 1 aliphatic heterocycles. The molecular weight excluding hydrogens is 164 g/mol. The lowest BCUT2D eigenvalue weighted by Gasteiger charge is -2.37. The molecule has 1 aliphatic rings. The van der Waals surface area contributed by atoms with Gasteiger partial charge in [0.25, 0.3) is 0 Å². The smallest absolute Gasteiger partial charge is 0.0312 e. The van der Waals surface area contributed by atoms with Gasteiger partial charge in [0, 0.05) is 36.4 Å². The first-order valence-corrected chi connectivity index (χ1v) is 4.74. The molecule has 1 saturated heterocycles. The van der Waals surface area contributed by atoms with E-state index in [1.165, 1.54) is 4.31 Å². The summed E-state index contributed by atoms with van der Waals surface area (Å²) in [5.74, 6) is 0. The Morgan fingerprint density at radius 1 is 1.64 bits per heavy atom. The van der Waals surface area contributed by atoms with Gasteiger partial charge >= 0.3 is 0 Å². The lowest BCUT2D eigenvalue weighted by atomic mass is 10.2. The van der Waals surface area contributed by atoms with Crippen LogP contribution in [0.4, 0.5) is 0 Å². The summed E-state index contributed by atoms with van der Waals surface area (Å²) in [6.07, 6.45) is 0. The van der Waals surface area contributed by atoms with Crippen molar-refractivity contribution in [1.82, 2.24) is 9.62 Å². The van der Waals surface area contributed by atoms with Crippen LogP contribution in [0.3, 0.4) is 0 Å². The van der Waals surface area contributed by atoms with Crippen molar-refractivity contribution in [2.24, 2.45) is 0 Å². The lowest BCUT2D eigenvalue weighted by Crippen LogP contribution is -2.54. The average molecular weight is 177 g/mol. The Morgan fingerprint density at radius 3 is 2.73 bits per heavy atom. The molecule has 5 heteroatoms. The summed E-state index contributed by atoms with van der Waals surface area (Å²) in [6.45, 7) is 5.20. The molecule has 0 radical (unpaired) electrons. The Morgan fingerprint density at radius 2 is 2.27 bits per heavy atom. The molecule has 1 N–H and O–H groups in total. The van der Waals surface area contributed by atoms with E-state index in [1.54, 1.807) is 0 Å². The van der Waals surface area contributed by atoms with Gasteiger partial charge in [-0.1, -0.05) is 0 Å². The number of hydrogen-bond acceptors (Lipinski definition) is 3. The second-order valence-corrected chi connectivity index (χ2v) is 3.88. The van der Waals surface area contributed by atoms with E-state index in [2.05, 4.69) is 5.32 Å². The summed E-state index contributed by atoms with van der Waals surface area (Å²) >= 11 is -2.06. The fourth-order valence-electron chi connectivity index (χ4n) is 1.20. The number of piperazine rings is 1. The van der Waals surface area contributed by atoms with Crippen LogP contribution in [0.5, 0.6) is 0 Å². The second kappa shape index (κ2) is 3.62. The zero-order valence-electron chi connectivity index (χ0n) is 6.74. The molecule has 0 aliphatic carbocycles. The fraction of sp³-hybridized carbons (Fsp3) is 1.00. The first-order chi connectivity index (χ1) is 5.11. The molecule has 1 rings (SSSR count). The first kappa shape index (κ1) is 9.12. The minimum atomic E-state index is -2.06. The second-order valence-electron chi connectivity index (χ2n) is 2.98. The van der Waals surface area contributed by atoms with Crippen molar-refractivity contribution in [3.8, 4) is 0 Å². The van der Waals surface area contributed by atoms with E-state index in [1.807, 2.05) is 13.8 Å². The van der Waals surface area contributed by atoms with Crippen LogP contribution in [0.25, 0.3) is 0 Å². The molecule has 0 aromatic heterocycles. The maximum absolute atomic E-state index is 10.6. The molecule has 0 bridgehead atoms. The summed E-state index contributed by atoms with van der Waals surface area (Å²) in [5.41, 5.74) is 0. The highest BCUT2D eigenvalue weighted by Gasteiger charge is 2.22. The van der Waals surface area contributed by atoms with Crippen LogP contribution >= 0.6 is 0 Å². The monoisotopic (exact) mass is 177 g/mol. The van der Waals surface area contributed by atoms with Crippen molar-refractivity contribution in [1.29, 1.82) is 0 Å². The average Bonchev–Trinajstić information content (AvgIpc) is 1.94. The van der Waals surface area contributed by atoms with Gasteiger partial charge in [0.15, 0.2) is 0 Å². The molecule has 0 amide bonds. The van der Waals surface area contributed by atoms with Gasteiger partial charge in [-0.3, -0.25) is 4.21 Å². The predicted molar refractivity (Wildman–Crippen MR) is 42.6 cm³/mol. The van der Waals surface area contributed by atoms with Gasteiger partial charge < -0.3 is 9.87 Å². The van der Waals surface area contributed by atoms with E-state index in [0.717, 1.165) is 6.54 Å². The molecule has 1 heterocycles. The number of rotatable bonds is 1. The van der Waals surface area contributed by atoms with Gasteiger partial charge in [-0.05, 0) is 13.8 Å². The van der Waals surface area contributed by atoms with Crippen molar-refractivity contribution >= 4 is 11.3 Å². The van der Waals surface area contributed by atoms with E-state index < -0.39 is 11.3 Å². The zero-order valence-corrected chi connectivity index (χ0v) is 7.56. The summed E-state index contributed by atoms with van der Waals surface area (Å²) < 4.78 is 22.7. The van der Waals surface area contributed by atoms with E-state index >= 15 is 0 Å². The third-order valence-corrected chi connectivity index (χ3v) is 2.79. The Hall–Kier alpha value is 0.0300. The standard InChI is InChI=1S/C6H14N2O2S/c1-5-4-8(11(9)10)6(2)3-7-5/h5-7H,3-4H2,1-2H3,(H,9,10)/p-1. The van der Waals surface area contributed by atoms with Crippen LogP contribution in [-0.4, -0.2) is 38.2 Å². The molecule has 1 fully saturated rings. The minimum absolute atomic E-state index is 0.0875. The topological polar surface area (TPSA) is 55.4 Å². The summed E-state index contributed by atoms with van der Waals surface area (Å²) in [5, 5.41) is 3.20. The van der Waals surface area contributed by atoms with Gasteiger partial charge in [0.05, 0.1) is 0 Å². The zero-order chi connectivity index (χ0) is 8.43. The van der Waals surface area contributed by atoms with Gasteiger partial charge in [-0.2, -0.15) is 0 Å². The highest BCUT2D eigenvalue weighted by Crippen LogP contribution is 2.07. The van der Waals surface area contributed by atoms with E-state index in [4.69, 9.17) is 0 Å². The third-order valence-electron chi connectivity index (χ3n) is 1.90. The predicted octanol–water partition coefficient (Wildman–Crippen LogP) is -0.537. The highest BCUT2D eigenvalue weighted by molar-refractivity contribution is 7.76. The number of nitrogens with zero attached hydrogens (tertiary/aromatic N) is 1. The number of nitrogens with one attached hydrogen (secondary N) is 1. The van der Waals surface area contributed by atoms with Crippen LogP contribution in [-0.2, 0) is 11.3 Å². The molecule has 0 saturated carbocycles. The summed E-state index contributed by atoms with van der Waals surface area (Å²) in [6, 6.07) is 0.355. The van der Waals surface area contributed by atoms with E-state index in [-0.39, 0.29) is 12.1 Å². The third kappa shape index (κ3) is 2.23. The Balaban J connectivity index is 2.54. The Bertz CT molecular complexity index is 165. The van der Waals surface area contributed by atoms with Crippen LogP contribution in [0.1, 0.15) is 13.8 Å². The van der Waals surface area contributed by atoms with Crippen molar-refractivity contribution in [2.75, 3.05) is 13.1 Å². The van der Waals surface area contributed by atoms with Crippen molar-refractivity contribution in [3.05, 3.63) is 0 Å². The SMILES string of the molecule is CC1CN(S(=O)[O-])C(C)CN1. The fourth-order valence-corrected chi connectivity index (χ4v) is 1.91. The molecule has 11 heavy (non-hydrogen) atoms. The van der Waals surface area contributed by atoms with E-state index in [9.17, 15) is 8.76 Å². The normalized spacial score (nSPS) is 37.0. The molecule has 3 atom stereocenters. The van der Waals surface area contributed by atoms with Gasteiger partial charge in [0.1, 0.15) is 0 Å². The largest absolute Gasteiger partial charge is 0.760 e. The van der Waals surface area contributed by atoms with Crippen LogP contribution < -0.4 is 5.32 Å². The summed E-state index contributed by atoms with van der Waals surface area (Å²) in [7, 11) is 0. The van der Waals surface area contributed by atoms with Crippen molar-refractivity contribution in [2.45, 2.75) is 25.9 Å².